The largest absolute Gasteiger partial charge is 0.295 e. The number of piperazine rings is 1. The third-order valence-corrected chi connectivity index (χ3v) is 4.11. The van der Waals surface area contributed by atoms with Crippen molar-refractivity contribution >= 4 is 17.8 Å². The van der Waals surface area contributed by atoms with Crippen molar-refractivity contribution in [1.29, 1.82) is 0 Å². The summed E-state index contributed by atoms with van der Waals surface area (Å²) in [5.74, 6) is 0. The van der Waals surface area contributed by atoms with Crippen LogP contribution < -0.4 is 0 Å². The van der Waals surface area contributed by atoms with Gasteiger partial charge in [-0.05, 0) is 23.8 Å². The predicted octanol–water partition coefficient (Wildman–Crippen LogP) is 2.89. The van der Waals surface area contributed by atoms with Crippen LogP contribution in [-0.2, 0) is 6.54 Å². The normalized spacial score (nSPS) is 16.3. The molecule has 1 aliphatic heterocycles. The second kappa shape index (κ2) is 7.38. The molecule has 1 saturated heterocycles. The Balaban J connectivity index is 1.50. The van der Waals surface area contributed by atoms with Gasteiger partial charge in [-0.3, -0.25) is 14.9 Å². The molecule has 0 aliphatic carbocycles. The van der Waals surface area contributed by atoms with Gasteiger partial charge in [0.1, 0.15) is 0 Å². The Morgan fingerprint density at radius 2 is 1.82 bits per heavy atom. The Labute approximate surface area is 136 Å². The Hall–Kier alpha value is -1.91. The molecule has 1 fully saturated rings. The van der Waals surface area contributed by atoms with Crippen LogP contribution in [0.4, 0.5) is 0 Å². The van der Waals surface area contributed by atoms with Crippen LogP contribution in [0.15, 0.2) is 53.8 Å². The molecule has 0 unspecified atom stereocenters. The van der Waals surface area contributed by atoms with E-state index in [1.807, 2.05) is 42.6 Å². The third kappa shape index (κ3) is 4.06. The molecule has 0 spiro atoms. The van der Waals surface area contributed by atoms with Gasteiger partial charge in [-0.15, -0.1) is 0 Å². The van der Waals surface area contributed by atoms with Crippen molar-refractivity contribution in [2.45, 2.75) is 6.54 Å². The average molecular weight is 315 g/mol. The van der Waals surface area contributed by atoms with Gasteiger partial charge in [0.2, 0.25) is 0 Å². The van der Waals surface area contributed by atoms with Gasteiger partial charge in [-0.25, -0.2) is 0 Å². The number of hydrogen-bond acceptors (Lipinski definition) is 4. The Morgan fingerprint density at radius 1 is 1.05 bits per heavy atom. The van der Waals surface area contributed by atoms with Crippen molar-refractivity contribution in [3.05, 3.63) is 64.9 Å². The van der Waals surface area contributed by atoms with Gasteiger partial charge in [0.25, 0.3) is 0 Å². The fourth-order valence-electron chi connectivity index (χ4n) is 2.47. The molecule has 0 radical (unpaired) electrons. The van der Waals surface area contributed by atoms with Gasteiger partial charge in [0, 0.05) is 43.9 Å². The van der Waals surface area contributed by atoms with E-state index in [0.717, 1.165) is 43.4 Å². The summed E-state index contributed by atoms with van der Waals surface area (Å²) in [5.41, 5.74) is 2.08. The maximum absolute atomic E-state index is 6.22. The van der Waals surface area contributed by atoms with Crippen molar-refractivity contribution in [1.82, 2.24) is 14.9 Å². The zero-order valence-corrected chi connectivity index (χ0v) is 13.2. The van der Waals surface area contributed by atoms with Crippen molar-refractivity contribution < 1.29 is 0 Å². The van der Waals surface area contributed by atoms with Crippen LogP contribution in [0.25, 0.3) is 0 Å². The highest BCUT2D eigenvalue weighted by Gasteiger charge is 2.16. The van der Waals surface area contributed by atoms with Crippen LogP contribution in [0, 0.1) is 0 Å². The summed E-state index contributed by atoms with van der Waals surface area (Å²) < 4.78 is 0. The molecule has 22 heavy (non-hydrogen) atoms. The summed E-state index contributed by atoms with van der Waals surface area (Å²) in [6.45, 7) is 4.73. The van der Waals surface area contributed by atoms with E-state index in [4.69, 9.17) is 11.6 Å². The minimum absolute atomic E-state index is 0.845. The summed E-state index contributed by atoms with van der Waals surface area (Å²) in [6, 6.07) is 13.9. The first-order valence-corrected chi connectivity index (χ1v) is 7.85. The Morgan fingerprint density at radius 3 is 2.55 bits per heavy atom. The summed E-state index contributed by atoms with van der Waals surface area (Å²) in [4.78, 5) is 6.65. The molecular formula is C17H19ClN4. The zero-order chi connectivity index (χ0) is 15.2. The van der Waals surface area contributed by atoms with Gasteiger partial charge in [-0.1, -0.05) is 35.9 Å². The maximum Gasteiger partial charge on any atom is 0.0830 e. The first-order chi connectivity index (χ1) is 10.8. The highest BCUT2D eigenvalue weighted by Crippen LogP contribution is 2.17. The number of aromatic nitrogens is 1. The van der Waals surface area contributed by atoms with E-state index in [-0.39, 0.29) is 0 Å². The molecule has 2 aromatic rings. The monoisotopic (exact) mass is 314 g/mol. The fraction of sp³-hybridized carbons (Fsp3) is 0.294. The fourth-order valence-corrected chi connectivity index (χ4v) is 2.67. The molecule has 0 saturated carbocycles. The summed E-state index contributed by atoms with van der Waals surface area (Å²) in [7, 11) is 0. The lowest BCUT2D eigenvalue weighted by Crippen LogP contribution is -2.43. The predicted molar refractivity (Wildman–Crippen MR) is 90.1 cm³/mol. The van der Waals surface area contributed by atoms with Crippen LogP contribution in [-0.4, -0.2) is 47.3 Å². The minimum Gasteiger partial charge on any atom is -0.295 e. The Bertz CT molecular complexity index is 622. The molecule has 0 amide bonds. The van der Waals surface area contributed by atoms with Crippen LogP contribution >= 0.6 is 11.6 Å². The van der Waals surface area contributed by atoms with Gasteiger partial charge < -0.3 is 0 Å². The van der Waals surface area contributed by atoms with Crippen LogP contribution in [0.3, 0.4) is 0 Å². The van der Waals surface area contributed by atoms with Gasteiger partial charge in [0.15, 0.2) is 0 Å². The third-order valence-electron chi connectivity index (χ3n) is 3.74. The molecule has 1 aliphatic rings. The molecule has 4 nitrogen and oxygen atoms in total. The molecule has 5 heteroatoms. The van der Waals surface area contributed by atoms with E-state index < -0.39 is 0 Å². The molecule has 1 aromatic heterocycles. The summed E-state index contributed by atoms with van der Waals surface area (Å²) in [6.07, 6.45) is 3.60. The van der Waals surface area contributed by atoms with Crippen LogP contribution in [0.5, 0.6) is 0 Å². The number of rotatable bonds is 4. The van der Waals surface area contributed by atoms with Gasteiger partial charge in [-0.2, -0.15) is 5.10 Å². The van der Waals surface area contributed by atoms with E-state index in [2.05, 4.69) is 26.1 Å². The molecule has 2 heterocycles. The van der Waals surface area contributed by atoms with Crippen LogP contribution in [0.1, 0.15) is 11.3 Å². The second-order valence-corrected chi connectivity index (χ2v) is 5.73. The molecule has 1 aromatic carbocycles. The minimum atomic E-state index is 0.845. The second-order valence-electron chi connectivity index (χ2n) is 5.32. The summed E-state index contributed by atoms with van der Waals surface area (Å²) >= 11 is 6.22. The lowest BCUT2D eigenvalue weighted by Gasteiger charge is -2.33. The molecule has 3 rings (SSSR count). The molecule has 114 valence electrons. The van der Waals surface area contributed by atoms with E-state index >= 15 is 0 Å². The SMILES string of the molecule is Clc1ccccc1CN1CCN(N=Cc2ccccn2)CC1. The molecule has 0 atom stereocenters. The standard InChI is InChI=1S/C17H19ClN4/c18-17-7-2-1-5-15(17)14-21-9-11-22(12-10-21)20-13-16-6-3-4-8-19-16/h1-8,13H,9-12,14H2. The van der Waals surface area contributed by atoms with E-state index in [9.17, 15) is 0 Å². The van der Waals surface area contributed by atoms with E-state index in [0.29, 0.717) is 0 Å². The van der Waals surface area contributed by atoms with Crippen molar-refractivity contribution in [2.75, 3.05) is 26.2 Å². The number of nitrogens with zero attached hydrogens (tertiary/aromatic N) is 4. The van der Waals surface area contributed by atoms with Crippen molar-refractivity contribution in [2.24, 2.45) is 5.10 Å². The lowest BCUT2D eigenvalue weighted by molar-refractivity contribution is 0.131. The number of benzene rings is 1. The van der Waals surface area contributed by atoms with Crippen molar-refractivity contribution in [3.8, 4) is 0 Å². The first-order valence-electron chi connectivity index (χ1n) is 7.47. The van der Waals surface area contributed by atoms with E-state index in [1.54, 1.807) is 6.20 Å². The maximum atomic E-state index is 6.22. The summed E-state index contributed by atoms with van der Waals surface area (Å²) in [5, 5.41) is 7.45. The number of halogens is 1. The Kier molecular flexibility index (Phi) is 5.03. The topological polar surface area (TPSA) is 31.7 Å². The lowest BCUT2D eigenvalue weighted by atomic mass is 10.2. The average Bonchev–Trinajstić information content (AvgIpc) is 2.57. The van der Waals surface area contributed by atoms with Gasteiger partial charge in [0.05, 0.1) is 11.9 Å². The first kappa shape index (κ1) is 15.0. The zero-order valence-electron chi connectivity index (χ0n) is 12.4. The number of hydrazone groups is 1. The molecular weight excluding hydrogens is 296 g/mol. The number of pyridine rings is 1. The van der Waals surface area contributed by atoms with Crippen molar-refractivity contribution in [3.63, 3.8) is 0 Å². The number of hydrogen-bond donors (Lipinski definition) is 0. The highest BCUT2D eigenvalue weighted by atomic mass is 35.5. The molecule has 0 bridgehead atoms. The van der Waals surface area contributed by atoms with Gasteiger partial charge >= 0.3 is 0 Å². The highest BCUT2D eigenvalue weighted by molar-refractivity contribution is 6.31. The quantitative estimate of drug-likeness (QED) is 0.813. The van der Waals surface area contributed by atoms with Crippen LogP contribution in [0.2, 0.25) is 5.02 Å². The van der Waals surface area contributed by atoms with E-state index in [1.165, 1.54) is 5.56 Å². The smallest absolute Gasteiger partial charge is 0.0830 e. The molecule has 0 N–H and O–H groups in total.